The fourth-order valence-electron chi connectivity index (χ4n) is 2.32. The summed E-state index contributed by atoms with van der Waals surface area (Å²) >= 11 is 0. The third-order valence-corrected chi connectivity index (χ3v) is 3.29. The summed E-state index contributed by atoms with van der Waals surface area (Å²) in [5.74, 6) is 0.940. The van der Waals surface area contributed by atoms with Gasteiger partial charge in [0, 0.05) is 11.9 Å². The molecule has 3 nitrogen and oxygen atoms in total. The monoisotopic (exact) mass is 231 g/mol. The third-order valence-electron chi connectivity index (χ3n) is 3.29. The van der Waals surface area contributed by atoms with E-state index in [1.54, 1.807) is 6.26 Å². The lowest BCUT2D eigenvalue weighted by atomic mass is 10.1. The molecule has 1 atom stereocenters. The molecule has 1 aliphatic rings. The first-order chi connectivity index (χ1) is 8.33. The molecule has 0 aliphatic carbocycles. The van der Waals surface area contributed by atoms with Crippen LogP contribution in [-0.2, 0) is 0 Å². The van der Waals surface area contributed by atoms with Crippen LogP contribution in [0.3, 0.4) is 0 Å². The van der Waals surface area contributed by atoms with Crippen molar-refractivity contribution >= 4 is 11.0 Å². The van der Waals surface area contributed by atoms with E-state index in [0.717, 1.165) is 41.8 Å². The first-order valence-corrected chi connectivity index (χ1v) is 6.18. The van der Waals surface area contributed by atoms with E-state index in [1.807, 2.05) is 12.1 Å². The molecule has 90 valence electrons. The number of benzene rings is 1. The number of ether oxygens (including phenoxy) is 1. The highest BCUT2D eigenvalue weighted by atomic mass is 16.5. The molecule has 1 saturated heterocycles. The van der Waals surface area contributed by atoms with Gasteiger partial charge in [-0.3, -0.25) is 0 Å². The van der Waals surface area contributed by atoms with Crippen molar-refractivity contribution in [1.82, 2.24) is 5.32 Å². The van der Waals surface area contributed by atoms with E-state index < -0.39 is 0 Å². The van der Waals surface area contributed by atoms with E-state index in [0.29, 0.717) is 6.10 Å². The summed E-state index contributed by atoms with van der Waals surface area (Å²) in [6.07, 6.45) is 4.41. The van der Waals surface area contributed by atoms with E-state index in [1.165, 1.54) is 6.42 Å². The number of hydrogen-bond acceptors (Lipinski definition) is 3. The molecule has 1 aliphatic heterocycles. The van der Waals surface area contributed by atoms with Crippen molar-refractivity contribution in [3.8, 4) is 5.75 Å². The molecule has 1 fully saturated rings. The van der Waals surface area contributed by atoms with Crippen molar-refractivity contribution in [3.05, 3.63) is 30.0 Å². The molecule has 0 bridgehead atoms. The summed E-state index contributed by atoms with van der Waals surface area (Å²) in [6.45, 7) is 4.11. The van der Waals surface area contributed by atoms with E-state index in [2.05, 4.69) is 18.3 Å². The lowest BCUT2D eigenvalue weighted by Crippen LogP contribution is -2.37. The molecule has 1 aromatic heterocycles. The first-order valence-electron chi connectivity index (χ1n) is 6.18. The Balaban J connectivity index is 1.82. The van der Waals surface area contributed by atoms with Gasteiger partial charge in [-0.15, -0.1) is 0 Å². The summed E-state index contributed by atoms with van der Waals surface area (Å²) in [5, 5.41) is 4.50. The second-order valence-corrected chi connectivity index (χ2v) is 4.66. The highest BCUT2D eigenvalue weighted by molar-refractivity contribution is 5.82. The quantitative estimate of drug-likeness (QED) is 0.863. The maximum Gasteiger partial charge on any atom is 0.134 e. The normalized spacial score (nSPS) is 20.6. The average Bonchev–Trinajstić information content (AvgIpc) is 2.73. The van der Waals surface area contributed by atoms with Crippen LogP contribution in [0.2, 0.25) is 0 Å². The highest BCUT2D eigenvalue weighted by Crippen LogP contribution is 2.26. The van der Waals surface area contributed by atoms with Crippen LogP contribution in [0.25, 0.3) is 11.0 Å². The lowest BCUT2D eigenvalue weighted by Gasteiger charge is -2.23. The average molecular weight is 231 g/mol. The molecule has 1 aromatic carbocycles. The molecule has 17 heavy (non-hydrogen) atoms. The van der Waals surface area contributed by atoms with Gasteiger partial charge in [0.1, 0.15) is 17.4 Å². The minimum atomic E-state index is 0.299. The summed E-state index contributed by atoms with van der Waals surface area (Å²) in [5.41, 5.74) is 2.09. The SMILES string of the molecule is Cc1coc2ccc(OC3CCCNC3)cc12. The smallest absolute Gasteiger partial charge is 0.134 e. The highest BCUT2D eigenvalue weighted by Gasteiger charge is 2.14. The third kappa shape index (κ3) is 2.15. The van der Waals surface area contributed by atoms with Gasteiger partial charge >= 0.3 is 0 Å². The number of hydrogen-bond donors (Lipinski definition) is 1. The van der Waals surface area contributed by atoms with Crippen molar-refractivity contribution in [2.24, 2.45) is 0 Å². The molecule has 0 amide bonds. The topological polar surface area (TPSA) is 34.4 Å². The fraction of sp³-hybridized carbons (Fsp3) is 0.429. The van der Waals surface area contributed by atoms with Crippen molar-refractivity contribution in [1.29, 1.82) is 0 Å². The van der Waals surface area contributed by atoms with Crippen LogP contribution in [0.5, 0.6) is 5.75 Å². The Hall–Kier alpha value is -1.48. The number of nitrogens with one attached hydrogen (secondary N) is 1. The van der Waals surface area contributed by atoms with E-state index in [-0.39, 0.29) is 0 Å². The van der Waals surface area contributed by atoms with Crippen LogP contribution < -0.4 is 10.1 Å². The van der Waals surface area contributed by atoms with E-state index in [9.17, 15) is 0 Å². The molecule has 3 heteroatoms. The number of rotatable bonds is 2. The van der Waals surface area contributed by atoms with E-state index in [4.69, 9.17) is 9.15 Å². The standard InChI is InChI=1S/C14H17NO2/c1-10-9-16-14-5-4-11(7-13(10)14)17-12-3-2-6-15-8-12/h4-5,7,9,12,15H,2-3,6,8H2,1H3. The Morgan fingerprint density at radius 3 is 3.18 bits per heavy atom. The van der Waals surface area contributed by atoms with Gasteiger partial charge < -0.3 is 14.5 Å². The maximum atomic E-state index is 5.98. The minimum absolute atomic E-state index is 0.299. The Bertz CT molecular complexity index is 512. The lowest BCUT2D eigenvalue weighted by molar-refractivity contribution is 0.167. The predicted molar refractivity (Wildman–Crippen MR) is 67.5 cm³/mol. The summed E-state index contributed by atoms with van der Waals surface area (Å²) in [6, 6.07) is 6.04. The Labute approximate surface area is 101 Å². The van der Waals surface area contributed by atoms with Gasteiger partial charge in [0.15, 0.2) is 0 Å². The molecule has 0 saturated carbocycles. The number of furan rings is 1. The summed E-state index contributed by atoms with van der Waals surface area (Å²) in [7, 11) is 0. The van der Waals surface area contributed by atoms with Crippen LogP contribution >= 0.6 is 0 Å². The fourth-order valence-corrected chi connectivity index (χ4v) is 2.32. The molecule has 3 rings (SSSR count). The van der Waals surface area contributed by atoms with Crippen molar-refractivity contribution in [2.45, 2.75) is 25.9 Å². The second kappa shape index (κ2) is 4.41. The Morgan fingerprint density at radius 2 is 2.35 bits per heavy atom. The van der Waals surface area contributed by atoms with Gasteiger partial charge in [0.05, 0.1) is 6.26 Å². The van der Waals surface area contributed by atoms with Gasteiger partial charge in [-0.2, -0.15) is 0 Å². The molecular formula is C14H17NO2. The second-order valence-electron chi connectivity index (χ2n) is 4.66. The van der Waals surface area contributed by atoms with Crippen LogP contribution in [-0.4, -0.2) is 19.2 Å². The van der Waals surface area contributed by atoms with Crippen LogP contribution in [0, 0.1) is 6.92 Å². The molecule has 0 radical (unpaired) electrons. The molecular weight excluding hydrogens is 214 g/mol. The molecule has 2 heterocycles. The zero-order valence-corrected chi connectivity index (χ0v) is 10.0. The molecule has 1 unspecified atom stereocenters. The van der Waals surface area contributed by atoms with Gasteiger partial charge in [-0.1, -0.05) is 0 Å². The van der Waals surface area contributed by atoms with Gasteiger partial charge in [0.2, 0.25) is 0 Å². The maximum absolute atomic E-state index is 5.98. The number of piperidine rings is 1. The Morgan fingerprint density at radius 1 is 1.41 bits per heavy atom. The van der Waals surface area contributed by atoms with Gasteiger partial charge in [-0.05, 0) is 50.1 Å². The van der Waals surface area contributed by atoms with Gasteiger partial charge in [0.25, 0.3) is 0 Å². The molecule has 0 spiro atoms. The zero-order valence-electron chi connectivity index (χ0n) is 10.0. The largest absolute Gasteiger partial charge is 0.489 e. The van der Waals surface area contributed by atoms with Crippen LogP contribution in [0.1, 0.15) is 18.4 Å². The summed E-state index contributed by atoms with van der Waals surface area (Å²) < 4.78 is 11.4. The number of aryl methyl sites for hydroxylation is 1. The number of fused-ring (bicyclic) bond motifs is 1. The van der Waals surface area contributed by atoms with E-state index >= 15 is 0 Å². The van der Waals surface area contributed by atoms with Crippen molar-refractivity contribution in [2.75, 3.05) is 13.1 Å². The minimum Gasteiger partial charge on any atom is -0.489 e. The molecule has 1 N–H and O–H groups in total. The Kier molecular flexibility index (Phi) is 2.77. The van der Waals surface area contributed by atoms with Crippen molar-refractivity contribution < 1.29 is 9.15 Å². The first kappa shape index (κ1) is 10.7. The van der Waals surface area contributed by atoms with Crippen molar-refractivity contribution in [3.63, 3.8) is 0 Å². The zero-order chi connectivity index (χ0) is 11.7. The van der Waals surface area contributed by atoms with Crippen LogP contribution in [0.15, 0.2) is 28.9 Å². The summed E-state index contributed by atoms with van der Waals surface area (Å²) in [4.78, 5) is 0. The predicted octanol–water partition coefficient (Wildman–Crippen LogP) is 2.87. The molecule has 2 aromatic rings. The van der Waals surface area contributed by atoms with Gasteiger partial charge in [-0.25, -0.2) is 0 Å². The van der Waals surface area contributed by atoms with Crippen LogP contribution in [0.4, 0.5) is 0 Å².